The van der Waals surface area contributed by atoms with Crippen molar-refractivity contribution in [3.63, 3.8) is 0 Å². The number of carboxylic acids is 1. The fraction of sp³-hybridized carbons (Fsp3) is 0.429. The number of pyridine rings is 1. The molecule has 1 aromatic rings. The second kappa shape index (κ2) is 5.11. The van der Waals surface area contributed by atoms with Crippen LogP contribution in [0.25, 0.3) is 0 Å². The molecule has 9 nitrogen and oxygen atoms in total. The van der Waals surface area contributed by atoms with Gasteiger partial charge < -0.3 is 24.6 Å². The van der Waals surface area contributed by atoms with Crippen LogP contribution in [0.3, 0.4) is 0 Å². The highest BCUT2D eigenvalue weighted by molar-refractivity contribution is 5.98. The number of aromatic nitrogens is 1. The third-order valence-corrected chi connectivity index (χ3v) is 4.23. The van der Waals surface area contributed by atoms with Crippen LogP contribution in [-0.2, 0) is 11.3 Å². The SMILES string of the molecule is CC(=O)N1CCCN2C(=O)c3c(O)c(=O)c(C(=O)O)cn3CC12. The molecular formula is C14H15N3O6. The van der Waals surface area contributed by atoms with Crippen LogP contribution in [0.2, 0.25) is 0 Å². The van der Waals surface area contributed by atoms with Gasteiger partial charge in [-0.15, -0.1) is 0 Å². The molecule has 2 amide bonds. The Morgan fingerprint density at radius 3 is 2.57 bits per heavy atom. The zero-order chi connectivity index (χ0) is 16.9. The molecule has 9 heteroatoms. The van der Waals surface area contributed by atoms with Crippen molar-refractivity contribution in [1.82, 2.24) is 14.4 Å². The maximum absolute atomic E-state index is 12.6. The molecule has 1 atom stereocenters. The first-order chi connectivity index (χ1) is 10.8. The molecule has 2 N–H and O–H groups in total. The smallest absolute Gasteiger partial charge is 0.341 e. The number of carboxylic acid groups (broad SMARTS) is 1. The molecule has 0 spiro atoms. The number of aromatic carboxylic acids is 1. The topological polar surface area (TPSA) is 120 Å². The zero-order valence-corrected chi connectivity index (χ0v) is 12.4. The molecular weight excluding hydrogens is 306 g/mol. The molecule has 1 saturated heterocycles. The largest absolute Gasteiger partial charge is 0.503 e. The highest BCUT2D eigenvalue weighted by Crippen LogP contribution is 2.27. The number of aromatic hydroxyl groups is 1. The summed E-state index contributed by atoms with van der Waals surface area (Å²) in [5.74, 6) is -3.13. The van der Waals surface area contributed by atoms with Crippen LogP contribution in [-0.4, -0.2) is 61.6 Å². The molecule has 1 aromatic heterocycles. The number of hydrogen-bond donors (Lipinski definition) is 2. The van der Waals surface area contributed by atoms with Gasteiger partial charge in [0.25, 0.3) is 5.91 Å². The predicted octanol–water partition coefficient (Wildman–Crippen LogP) is -0.714. The van der Waals surface area contributed by atoms with Gasteiger partial charge in [-0.05, 0) is 6.42 Å². The van der Waals surface area contributed by atoms with Gasteiger partial charge in [0.15, 0.2) is 11.4 Å². The maximum Gasteiger partial charge on any atom is 0.341 e. The van der Waals surface area contributed by atoms with Gasteiger partial charge in [-0.2, -0.15) is 0 Å². The van der Waals surface area contributed by atoms with Crippen LogP contribution < -0.4 is 5.43 Å². The Morgan fingerprint density at radius 2 is 1.96 bits per heavy atom. The molecule has 2 aliphatic rings. The Bertz CT molecular complexity index is 783. The molecule has 1 unspecified atom stereocenters. The van der Waals surface area contributed by atoms with E-state index in [-0.39, 0.29) is 18.1 Å². The summed E-state index contributed by atoms with van der Waals surface area (Å²) in [5.41, 5.74) is -1.93. The second-order valence-electron chi connectivity index (χ2n) is 5.57. The number of carbonyl (C=O) groups is 3. The van der Waals surface area contributed by atoms with Gasteiger partial charge in [-0.3, -0.25) is 14.4 Å². The van der Waals surface area contributed by atoms with Crippen LogP contribution in [0, 0.1) is 0 Å². The summed E-state index contributed by atoms with van der Waals surface area (Å²) in [6, 6.07) is 0. The van der Waals surface area contributed by atoms with Gasteiger partial charge >= 0.3 is 5.97 Å². The molecule has 0 bridgehead atoms. The van der Waals surface area contributed by atoms with Gasteiger partial charge in [-0.1, -0.05) is 0 Å². The number of fused-ring (bicyclic) bond motifs is 2. The molecule has 2 aliphatic heterocycles. The second-order valence-corrected chi connectivity index (χ2v) is 5.57. The van der Waals surface area contributed by atoms with Crippen LogP contribution in [0.5, 0.6) is 5.75 Å². The number of amides is 2. The molecule has 3 rings (SSSR count). The first-order valence-corrected chi connectivity index (χ1v) is 7.10. The molecule has 23 heavy (non-hydrogen) atoms. The Morgan fingerprint density at radius 1 is 1.26 bits per heavy atom. The Kier molecular flexibility index (Phi) is 3.35. The van der Waals surface area contributed by atoms with Crippen molar-refractivity contribution in [3.05, 3.63) is 27.7 Å². The average molecular weight is 321 g/mol. The molecule has 0 aromatic carbocycles. The number of nitrogens with zero attached hydrogens (tertiary/aromatic N) is 3. The summed E-state index contributed by atoms with van der Waals surface area (Å²) >= 11 is 0. The minimum Gasteiger partial charge on any atom is -0.503 e. The van der Waals surface area contributed by atoms with E-state index in [2.05, 4.69) is 0 Å². The van der Waals surface area contributed by atoms with E-state index in [4.69, 9.17) is 5.11 Å². The quantitative estimate of drug-likeness (QED) is 0.705. The molecule has 0 radical (unpaired) electrons. The van der Waals surface area contributed by atoms with E-state index < -0.39 is 34.8 Å². The average Bonchev–Trinajstić information content (AvgIpc) is 2.49. The van der Waals surface area contributed by atoms with Gasteiger partial charge in [0, 0.05) is 26.2 Å². The predicted molar refractivity (Wildman–Crippen MR) is 76.2 cm³/mol. The Hall–Kier alpha value is -2.84. The first-order valence-electron chi connectivity index (χ1n) is 7.10. The lowest BCUT2D eigenvalue weighted by Gasteiger charge is -2.46. The highest BCUT2D eigenvalue weighted by Gasteiger charge is 2.41. The fourth-order valence-corrected chi connectivity index (χ4v) is 3.16. The van der Waals surface area contributed by atoms with E-state index in [1.807, 2.05) is 0 Å². The Balaban J connectivity index is 2.16. The zero-order valence-electron chi connectivity index (χ0n) is 12.4. The summed E-state index contributed by atoms with van der Waals surface area (Å²) in [6.07, 6.45) is 1.09. The van der Waals surface area contributed by atoms with E-state index in [1.165, 1.54) is 21.3 Å². The normalized spacial score (nSPS) is 20.0. The van der Waals surface area contributed by atoms with Crippen LogP contribution >= 0.6 is 0 Å². The van der Waals surface area contributed by atoms with Crippen molar-refractivity contribution in [2.24, 2.45) is 0 Å². The standard InChI is InChI=1S/C14H15N3O6/c1-7(18)16-3-2-4-17-9(16)6-15-5-8(14(22)23)11(19)12(20)10(15)13(17)21/h5,9,20H,2-4,6H2,1H3,(H,22,23). The summed E-state index contributed by atoms with van der Waals surface area (Å²) in [6.45, 7) is 2.41. The molecule has 0 aliphatic carbocycles. The van der Waals surface area contributed by atoms with Crippen LogP contribution in [0.4, 0.5) is 0 Å². The first kappa shape index (κ1) is 15.1. The van der Waals surface area contributed by atoms with Gasteiger partial charge in [0.1, 0.15) is 11.7 Å². The number of rotatable bonds is 1. The Labute approximate surface area is 130 Å². The highest BCUT2D eigenvalue weighted by atomic mass is 16.4. The van der Waals surface area contributed by atoms with Crippen molar-refractivity contribution in [2.75, 3.05) is 13.1 Å². The molecule has 1 fully saturated rings. The minimum absolute atomic E-state index is 0.106. The number of carbonyl (C=O) groups excluding carboxylic acids is 2. The lowest BCUT2D eigenvalue weighted by Crippen LogP contribution is -2.61. The van der Waals surface area contributed by atoms with Crippen molar-refractivity contribution < 1.29 is 24.6 Å². The van der Waals surface area contributed by atoms with E-state index in [1.54, 1.807) is 0 Å². The molecule has 0 saturated carbocycles. The van der Waals surface area contributed by atoms with Gasteiger partial charge in [0.05, 0.1) is 6.54 Å². The van der Waals surface area contributed by atoms with Crippen molar-refractivity contribution in [2.45, 2.75) is 26.1 Å². The molecule has 3 heterocycles. The van der Waals surface area contributed by atoms with E-state index >= 15 is 0 Å². The van der Waals surface area contributed by atoms with E-state index in [0.29, 0.717) is 19.5 Å². The van der Waals surface area contributed by atoms with Crippen molar-refractivity contribution in [3.8, 4) is 5.75 Å². The third-order valence-electron chi connectivity index (χ3n) is 4.23. The fourth-order valence-electron chi connectivity index (χ4n) is 3.16. The van der Waals surface area contributed by atoms with Crippen molar-refractivity contribution in [1.29, 1.82) is 0 Å². The lowest BCUT2D eigenvalue weighted by atomic mass is 10.1. The lowest BCUT2D eigenvalue weighted by molar-refractivity contribution is -0.137. The summed E-state index contributed by atoms with van der Waals surface area (Å²) in [5, 5.41) is 19.0. The summed E-state index contributed by atoms with van der Waals surface area (Å²) in [4.78, 5) is 50.3. The third kappa shape index (κ3) is 2.16. The molecule has 122 valence electrons. The van der Waals surface area contributed by atoms with E-state index in [0.717, 1.165) is 6.20 Å². The monoisotopic (exact) mass is 321 g/mol. The van der Waals surface area contributed by atoms with Gasteiger partial charge in [-0.25, -0.2) is 4.79 Å². The minimum atomic E-state index is -1.48. The van der Waals surface area contributed by atoms with Crippen LogP contribution in [0.15, 0.2) is 11.0 Å². The van der Waals surface area contributed by atoms with E-state index in [9.17, 15) is 24.3 Å². The van der Waals surface area contributed by atoms with Crippen LogP contribution in [0.1, 0.15) is 34.2 Å². The van der Waals surface area contributed by atoms with Crippen molar-refractivity contribution >= 4 is 17.8 Å². The van der Waals surface area contributed by atoms with Gasteiger partial charge in [0.2, 0.25) is 11.3 Å². The summed E-state index contributed by atoms with van der Waals surface area (Å²) in [7, 11) is 0. The maximum atomic E-state index is 12.6. The summed E-state index contributed by atoms with van der Waals surface area (Å²) < 4.78 is 1.24. The number of hydrogen-bond acceptors (Lipinski definition) is 5.